The number of fused-ring (bicyclic) bond motifs is 2. The summed E-state index contributed by atoms with van der Waals surface area (Å²) in [5.41, 5.74) is 8.13. The molecule has 6 heterocycles. The van der Waals surface area contributed by atoms with E-state index in [9.17, 15) is 8.78 Å². The molecule has 0 fully saturated rings. The molecule has 0 bridgehead atoms. The number of anilines is 4. The lowest BCUT2D eigenvalue weighted by Crippen LogP contribution is -2.05. The SMILES string of the molecule is COCCCn1cc2nccc(Nc3ccnc(-c4cc(Cl)ccc4F)c3)c2n1.COCCCn1ncc2nccc(Nc3ccnc(-c4cc(Cl)ccc4F)c3)c21. The van der Waals surface area contributed by atoms with Crippen molar-refractivity contribution < 1.29 is 18.3 Å². The van der Waals surface area contributed by atoms with E-state index >= 15 is 0 Å². The number of halogens is 4. The molecule has 8 rings (SSSR count). The minimum atomic E-state index is -0.375. The van der Waals surface area contributed by atoms with Crippen LogP contribution < -0.4 is 10.6 Å². The van der Waals surface area contributed by atoms with E-state index in [2.05, 4.69) is 40.8 Å². The Bertz CT molecular complexity index is 2650. The molecule has 6 aromatic heterocycles. The number of nitrogens with one attached hydrogen (secondary N) is 2. The highest BCUT2D eigenvalue weighted by atomic mass is 35.5. The summed E-state index contributed by atoms with van der Waals surface area (Å²) in [4.78, 5) is 17.3. The number of benzene rings is 2. The number of aryl methyl sites for hydroxylation is 2. The molecule has 0 spiro atoms. The number of ether oxygens (including phenoxy) is 2. The average Bonchev–Trinajstić information content (AvgIpc) is 3.86. The van der Waals surface area contributed by atoms with Crippen LogP contribution in [0.4, 0.5) is 31.5 Å². The van der Waals surface area contributed by atoms with Gasteiger partial charge in [0.1, 0.15) is 33.7 Å². The van der Waals surface area contributed by atoms with E-state index < -0.39 is 0 Å². The fourth-order valence-corrected chi connectivity index (χ4v) is 6.56. The van der Waals surface area contributed by atoms with Crippen LogP contribution in [0.3, 0.4) is 0 Å². The highest BCUT2D eigenvalue weighted by Crippen LogP contribution is 2.31. The van der Waals surface area contributed by atoms with Crippen molar-refractivity contribution >= 4 is 68.0 Å². The second-order valence-corrected chi connectivity index (χ2v) is 13.9. The van der Waals surface area contributed by atoms with E-state index in [1.54, 1.807) is 69.5 Å². The molecule has 8 aromatic rings. The Morgan fingerprint density at radius 1 is 0.638 bits per heavy atom. The Labute approximate surface area is 342 Å². The highest BCUT2D eigenvalue weighted by molar-refractivity contribution is 6.31. The van der Waals surface area contributed by atoms with Gasteiger partial charge < -0.3 is 20.1 Å². The molecule has 0 aliphatic carbocycles. The third-order valence-electron chi connectivity index (χ3n) is 8.92. The summed E-state index contributed by atoms with van der Waals surface area (Å²) in [7, 11) is 3.36. The predicted octanol–water partition coefficient (Wildman–Crippen LogP) is 10.1. The maximum atomic E-state index is 14.2. The maximum Gasteiger partial charge on any atom is 0.134 e. The second-order valence-electron chi connectivity index (χ2n) is 13.0. The van der Waals surface area contributed by atoms with E-state index in [0.29, 0.717) is 52.3 Å². The fraction of sp³-hybridized carbons (Fsp3) is 0.190. The van der Waals surface area contributed by atoms with Crippen LogP contribution in [-0.2, 0) is 22.6 Å². The number of hydrogen-bond acceptors (Lipinski definition) is 10. The number of pyridine rings is 4. The van der Waals surface area contributed by atoms with Gasteiger partial charge in [0.05, 0.1) is 35.2 Å². The maximum absolute atomic E-state index is 14.2. The van der Waals surface area contributed by atoms with Crippen LogP contribution in [0.1, 0.15) is 12.8 Å². The largest absolute Gasteiger partial charge is 0.385 e. The van der Waals surface area contributed by atoms with Crippen LogP contribution in [0.25, 0.3) is 44.6 Å². The van der Waals surface area contributed by atoms with Gasteiger partial charge in [-0.1, -0.05) is 23.2 Å². The molecule has 0 atom stereocenters. The van der Waals surface area contributed by atoms with E-state index in [-0.39, 0.29) is 11.6 Å². The van der Waals surface area contributed by atoms with Crippen molar-refractivity contribution in [3.8, 4) is 22.5 Å². The summed E-state index contributed by atoms with van der Waals surface area (Å²) in [5.74, 6) is -0.748. The van der Waals surface area contributed by atoms with Crippen molar-refractivity contribution in [1.29, 1.82) is 0 Å². The first kappa shape index (κ1) is 40.1. The van der Waals surface area contributed by atoms with Gasteiger partial charge in [-0.25, -0.2) is 8.78 Å². The number of aromatic nitrogens is 8. The lowest BCUT2D eigenvalue weighted by atomic mass is 10.1. The number of methoxy groups -OCH3 is 2. The molecule has 12 nitrogen and oxygen atoms in total. The smallest absolute Gasteiger partial charge is 0.134 e. The van der Waals surface area contributed by atoms with Crippen molar-refractivity contribution in [2.24, 2.45) is 0 Å². The first-order valence-electron chi connectivity index (χ1n) is 18.3. The van der Waals surface area contributed by atoms with Gasteiger partial charge >= 0.3 is 0 Å². The molecule has 0 unspecified atom stereocenters. The molecule has 0 aliphatic heterocycles. The Balaban J connectivity index is 0.000000177. The van der Waals surface area contributed by atoms with E-state index in [0.717, 1.165) is 64.2 Å². The van der Waals surface area contributed by atoms with Crippen LogP contribution in [0.15, 0.2) is 110 Å². The summed E-state index contributed by atoms with van der Waals surface area (Å²) >= 11 is 12.0. The highest BCUT2D eigenvalue weighted by Gasteiger charge is 2.14. The molecule has 0 aliphatic rings. The van der Waals surface area contributed by atoms with Crippen molar-refractivity contribution in [1.82, 2.24) is 39.5 Å². The summed E-state index contributed by atoms with van der Waals surface area (Å²) in [6.45, 7) is 2.79. The molecule has 0 amide bonds. The third kappa shape index (κ3) is 9.72. The minimum Gasteiger partial charge on any atom is -0.385 e. The lowest BCUT2D eigenvalue weighted by Gasteiger charge is -2.12. The number of nitrogens with zero attached hydrogens (tertiary/aromatic N) is 8. The average molecular weight is 824 g/mol. The Kier molecular flexibility index (Phi) is 13.1. The normalized spacial score (nSPS) is 11.1. The van der Waals surface area contributed by atoms with E-state index in [1.807, 2.05) is 39.8 Å². The van der Waals surface area contributed by atoms with Crippen LogP contribution >= 0.6 is 23.2 Å². The van der Waals surface area contributed by atoms with Crippen molar-refractivity contribution in [3.05, 3.63) is 132 Å². The first-order chi connectivity index (χ1) is 28.3. The molecule has 0 radical (unpaired) electrons. The van der Waals surface area contributed by atoms with Gasteiger partial charge in [0.25, 0.3) is 0 Å². The van der Waals surface area contributed by atoms with Gasteiger partial charge in [-0.05, 0) is 85.6 Å². The number of hydrogen-bond donors (Lipinski definition) is 2. The molecule has 16 heteroatoms. The van der Waals surface area contributed by atoms with Gasteiger partial charge in [-0.2, -0.15) is 10.2 Å². The molecule has 296 valence electrons. The third-order valence-corrected chi connectivity index (χ3v) is 9.39. The monoisotopic (exact) mass is 822 g/mol. The molecule has 0 saturated heterocycles. The molecular weight excluding hydrogens is 785 g/mol. The van der Waals surface area contributed by atoms with E-state index in [1.165, 1.54) is 24.3 Å². The Morgan fingerprint density at radius 3 is 1.81 bits per heavy atom. The second kappa shape index (κ2) is 18.9. The van der Waals surface area contributed by atoms with Crippen molar-refractivity contribution in [2.75, 3.05) is 38.1 Å². The van der Waals surface area contributed by atoms with E-state index in [4.69, 9.17) is 32.7 Å². The number of rotatable bonds is 14. The molecule has 2 aromatic carbocycles. The van der Waals surface area contributed by atoms with Crippen LogP contribution in [-0.4, -0.2) is 66.9 Å². The quantitative estimate of drug-likeness (QED) is 0.102. The zero-order valence-corrected chi connectivity index (χ0v) is 33.1. The summed E-state index contributed by atoms with van der Waals surface area (Å²) in [6, 6.07) is 19.8. The van der Waals surface area contributed by atoms with Gasteiger partial charge in [0.2, 0.25) is 0 Å². The first-order valence-corrected chi connectivity index (χ1v) is 19.0. The van der Waals surface area contributed by atoms with Crippen molar-refractivity contribution in [3.63, 3.8) is 0 Å². The van der Waals surface area contributed by atoms with Gasteiger partial charge in [-0.3, -0.25) is 29.3 Å². The molecular formula is C42H38Cl2F2N10O2. The minimum absolute atomic E-state index is 0.350. The molecule has 2 N–H and O–H groups in total. The predicted molar refractivity (Wildman–Crippen MR) is 224 cm³/mol. The van der Waals surface area contributed by atoms with Gasteiger partial charge in [-0.15, -0.1) is 0 Å². The fourth-order valence-electron chi connectivity index (χ4n) is 6.21. The van der Waals surface area contributed by atoms with Crippen molar-refractivity contribution in [2.45, 2.75) is 25.9 Å². The van der Waals surface area contributed by atoms with Gasteiger partial charge in [0.15, 0.2) is 0 Å². The van der Waals surface area contributed by atoms with Crippen LogP contribution in [0.2, 0.25) is 10.0 Å². The molecule has 58 heavy (non-hydrogen) atoms. The summed E-state index contributed by atoms with van der Waals surface area (Å²) in [6.07, 6.45) is 12.1. The van der Waals surface area contributed by atoms with Crippen LogP contribution in [0, 0.1) is 11.6 Å². The van der Waals surface area contributed by atoms with Crippen LogP contribution in [0.5, 0.6) is 0 Å². The lowest BCUT2D eigenvalue weighted by molar-refractivity contribution is 0.189. The summed E-state index contributed by atoms with van der Waals surface area (Å²) in [5, 5.41) is 16.7. The standard InChI is InChI=1S/2C21H19ClFN5O/c1-29-10-2-9-28-13-20-21(27-28)18(6-8-25-20)26-15-5-7-24-19(12-15)16-11-14(22)3-4-17(16)23;1-29-10-2-9-28-21-18(6-8-25-20(21)13-26-28)27-15-5-7-24-19(12-15)16-11-14(22)3-4-17(16)23/h3-8,11-13H,2,9-10H2,1H3,(H,24,26);3-8,11-13H,2,9-10H2,1H3,(H,24,25,27). The zero-order chi connectivity index (χ0) is 40.4. The Hall–Kier alpha value is -6.06. The Morgan fingerprint density at radius 2 is 1.19 bits per heavy atom. The molecule has 0 saturated carbocycles. The topological polar surface area (TPSA) is 130 Å². The van der Waals surface area contributed by atoms with Gasteiger partial charge in [0, 0.05) is 97.9 Å². The summed E-state index contributed by atoms with van der Waals surface area (Å²) < 4.78 is 42.4. The zero-order valence-electron chi connectivity index (χ0n) is 31.5.